The molecule has 0 bridgehead atoms. The summed E-state index contributed by atoms with van der Waals surface area (Å²) in [6, 6.07) is 3.81. The topological polar surface area (TPSA) is 48.1 Å². The molecule has 0 aliphatic rings. The van der Waals surface area contributed by atoms with E-state index in [4.69, 9.17) is 10.5 Å². The Hall–Kier alpha value is -1.09. The van der Waals surface area contributed by atoms with Crippen LogP contribution in [0.2, 0.25) is 0 Å². The molecule has 1 heterocycles. The van der Waals surface area contributed by atoms with Crippen LogP contribution in [-0.2, 0) is 0 Å². The Balaban J connectivity index is 2.72. The maximum Gasteiger partial charge on any atom is 0.218 e. The predicted molar refractivity (Wildman–Crippen MR) is 66.4 cm³/mol. The molecule has 3 heteroatoms. The second-order valence-corrected chi connectivity index (χ2v) is 4.74. The molecule has 2 atom stereocenters. The molecule has 2 N–H and O–H groups in total. The first-order valence-electron chi connectivity index (χ1n) is 5.87. The largest absolute Gasteiger partial charge is 0.474 e. The maximum absolute atomic E-state index is 5.87. The molecule has 90 valence electrons. The summed E-state index contributed by atoms with van der Waals surface area (Å²) < 4.78 is 5.83. The molecular formula is C13H22N2O. The molecular weight excluding hydrogens is 200 g/mol. The van der Waals surface area contributed by atoms with Gasteiger partial charge in [-0.25, -0.2) is 4.98 Å². The molecule has 1 unspecified atom stereocenters. The highest BCUT2D eigenvalue weighted by Gasteiger charge is 2.12. The number of hydrogen-bond acceptors (Lipinski definition) is 3. The van der Waals surface area contributed by atoms with E-state index in [1.165, 1.54) is 0 Å². The van der Waals surface area contributed by atoms with E-state index in [0.717, 1.165) is 12.0 Å². The van der Waals surface area contributed by atoms with E-state index < -0.39 is 0 Å². The van der Waals surface area contributed by atoms with Gasteiger partial charge in [-0.1, -0.05) is 19.9 Å². The van der Waals surface area contributed by atoms with Crippen LogP contribution in [0.25, 0.3) is 0 Å². The van der Waals surface area contributed by atoms with Crippen molar-refractivity contribution < 1.29 is 4.74 Å². The number of hydrogen-bond donors (Lipinski definition) is 1. The van der Waals surface area contributed by atoms with Crippen molar-refractivity contribution >= 4 is 0 Å². The molecule has 0 saturated heterocycles. The van der Waals surface area contributed by atoms with E-state index in [-0.39, 0.29) is 12.1 Å². The summed E-state index contributed by atoms with van der Waals surface area (Å²) in [5.41, 5.74) is 6.84. The average molecular weight is 222 g/mol. The zero-order chi connectivity index (χ0) is 12.1. The fourth-order valence-corrected chi connectivity index (χ4v) is 1.75. The standard InChI is InChI=1S/C13H22N2O/c1-9(2)8-10(3)16-13-12(11(4)14)6-5-7-15-13/h5-7,9-11H,8,14H2,1-4H3/t10?,11-/m1/s1. The first kappa shape index (κ1) is 13.0. The van der Waals surface area contributed by atoms with Gasteiger partial charge >= 0.3 is 0 Å². The van der Waals surface area contributed by atoms with Crippen LogP contribution in [0, 0.1) is 5.92 Å². The number of ether oxygens (including phenoxy) is 1. The third-order valence-corrected chi connectivity index (χ3v) is 2.41. The molecule has 0 amide bonds. The molecule has 0 fully saturated rings. The van der Waals surface area contributed by atoms with Crippen molar-refractivity contribution in [1.82, 2.24) is 4.98 Å². The van der Waals surface area contributed by atoms with Gasteiger partial charge < -0.3 is 10.5 Å². The maximum atomic E-state index is 5.87. The van der Waals surface area contributed by atoms with Crippen LogP contribution in [0.4, 0.5) is 0 Å². The minimum Gasteiger partial charge on any atom is -0.474 e. The zero-order valence-corrected chi connectivity index (χ0v) is 10.6. The second-order valence-electron chi connectivity index (χ2n) is 4.74. The molecule has 0 radical (unpaired) electrons. The second kappa shape index (κ2) is 5.85. The van der Waals surface area contributed by atoms with Gasteiger partial charge in [-0.15, -0.1) is 0 Å². The van der Waals surface area contributed by atoms with E-state index in [2.05, 4.69) is 25.8 Å². The summed E-state index contributed by atoms with van der Waals surface area (Å²) in [5.74, 6) is 1.29. The zero-order valence-electron chi connectivity index (χ0n) is 10.6. The van der Waals surface area contributed by atoms with Crippen molar-refractivity contribution in [2.75, 3.05) is 0 Å². The van der Waals surface area contributed by atoms with Crippen molar-refractivity contribution in [3.05, 3.63) is 23.9 Å². The lowest BCUT2D eigenvalue weighted by molar-refractivity contribution is 0.183. The highest BCUT2D eigenvalue weighted by molar-refractivity contribution is 5.28. The number of nitrogens with zero attached hydrogens (tertiary/aromatic N) is 1. The van der Waals surface area contributed by atoms with Gasteiger partial charge in [0.25, 0.3) is 0 Å². The third kappa shape index (κ3) is 3.81. The summed E-state index contributed by atoms with van der Waals surface area (Å²) >= 11 is 0. The van der Waals surface area contributed by atoms with Gasteiger partial charge in [-0.2, -0.15) is 0 Å². The van der Waals surface area contributed by atoms with Crippen molar-refractivity contribution in [3.63, 3.8) is 0 Å². The monoisotopic (exact) mass is 222 g/mol. The van der Waals surface area contributed by atoms with Crippen molar-refractivity contribution in [2.45, 2.75) is 46.3 Å². The number of pyridine rings is 1. The highest BCUT2D eigenvalue weighted by Crippen LogP contribution is 2.22. The Morgan fingerprint density at radius 2 is 2.00 bits per heavy atom. The van der Waals surface area contributed by atoms with Gasteiger partial charge in [0, 0.05) is 17.8 Å². The van der Waals surface area contributed by atoms with Crippen LogP contribution in [0.5, 0.6) is 5.88 Å². The molecule has 16 heavy (non-hydrogen) atoms. The fraction of sp³-hybridized carbons (Fsp3) is 0.615. The molecule has 1 rings (SSSR count). The molecule has 3 nitrogen and oxygen atoms in total. The highest BCUT2D eigenvalue weighted by atomic mass is 16.5. The van der Waals surface area contributed by atoms with E-state index in [1.54, 1.807) is 6.20 Å². The molecule has 0 saturated carbocycles. The lowest BCUT2D eigenvalue weighted by Crippen LogP contribution is -2.17. The molecule has 1 aromatic heterocycles. The summed E-state index contributed by atoms with van der Waals surface area (Å²) in [4.78, 5) is 4.24. The molecule has 0 spiro atoms. The summed E-state index contributed by atoms with van der Waals surface area (Å²) in [5, 5.41) is 0. The third-order valence-electron chi connectivity index (χ3n) is 2.41. The Bertz CT molecular complexity index is 323. The SMILES string of the molecule is CC(C)CC(C)Oc1ncccc1[C@@H](C)N. The van der Waals surface area contributed by atoms with Crippen LogP contribution in [0.15, 0.2) is 18.3 Å². The average Bonchev–Trinajstić information content (AvgIpc) is 2.16. The predicted octanol–water partition coefficient (Wildman–Crippen LogP) is 2.91. The van der Waals surface area contributed by atoms with Crippen LogP contribution in [0.1, 0.15) is 45.7 Å². The van der Waals surface area contributed by atoms with Crippen molar-refractivity contribution in [1.29, 1.82) is 0 Å². The lowest BCUT2D eigenvalue weighted by atomic mass is 10.1. The normalized spacial score (nSPS) is 14.9. The Morgan fingerprint density at radius 3 is 2.56 bits per heavy atom. The van der Waals surface area contributed by atoms with Crippen molar-refractivity contribution in [3.8, 4) is 5.88 Å². The van der Waals surface area contributed by atoms with Crippen LogP contribution in [0.3, 0.4) is 0 Å². The van der Waals surface area contributed by atoms with Gasteiger partial charge in [-0.3, -0.25) is 0 Å². The Labute approximate surface area is 98.0 Å². The quantitative estimate of drug-likeness (QED) is 0.833. The van der Waals surface area contributed by atoms with E-state index in [9.17, 15) is 0 Å². The number of nitrogens with two attached hydrogens (primary N) is 1. The smallest absolute Gasteiger partial charge is 0.218 e. The lowest BCUT2D eigenvalue weighted by Gasteiger charge is -2.18. The minimum atomic E-state index is -0.0463. The molecule has 1 aromatic rings. The number of rotatable bonds is 5. The van der Waals surface area contributed by atoms with E-state index in [0.29, 0.717) is 11.8 Å². The van der Waals surface area contributed by atoms with Gasteiger partial charge in [0.2, 0.25) is 5.88 Å². The van der Waals surface area contributed by atoms with Crippen LogP contribution >= 0.6 is 0 Å². The first-order chi connectivity index (χ1) is 7.50. The minimum absolute atomic E-state index is 0.0463. The number of aromatic nitrogens is 1. The van der Waals surface area contributed by atoms with Crippen LogP contribution in [-0.4, -0.2) is 11.1 Å². The molecule has 0 aliphatic carbocycles. The first-order valence-corrected chi connectivity index (χ1v) is 5.87. The molecule has 0 aliphatic heterocycles. The Kier molecular flexibility index (Phi) is 4.74. The summed E-state index contributed by atoms with van der Waals surface area (Å²) in [7, 11) is 0. The van der Waals surface area contributed by atoms with Gasteiger partial charge in [0.1, 0.15) is 0 Å². The van der Waals surface area contributed by atoms with Gasteiger partial charge in [0.05, 0.1) is 6.10 Å². The van der Waals surface area contributed by atoms with Gasteiger partial charge in [0.15, 0.2) is 0 Å². The summed E-state index contributed by atoms with van der Waals surface area (Å²) in [6.07, 6.45) is 2.94. The van der Waals surface area contributed by atoms with E-state index in [1.807, 2.05) is 19.1 Å². The van der Waals surface area contributed by atoms with E-state index >= 15 is 0 Å². The van der Waals surface area contributed by atoms with Crippen LogP contribution < -0.4 is 10.5 Å². The Morgan fingerprint density at radius 1 is 1.31 bits per heavy atom. The molecule has 0 aromatic carbocycles. The van der Waals surface area contributed by atoms with Gasteiger partial charge in [-0.05, 0) is 32.3 Å². The summed E-state index contributed by atoms with van der Waals surface area (Å²) in [6.45, 7) is 8.38. The van der Waals surface area contributed by atoms with Crippen molar-refractivity contribution in [2.24, 2.45) is 11.7 Å². The fourth-order valence-electron chi connectivity index (χ4n) is 1.75.